The second-order valence-electron chi connectivity index (χ2n) is 9.81. The van der Waals surface area contributed by atoms with Gasteiger partial charge in [-0.05, 0) is 58.6 Å². The van der Waals surface area contributed by atoms with Gasteiger partial charge in [0.05, 0.1) is 6.42 Å². The van der Waals surface area contributed by atoms with Crippen molar-refractivity contribution in [2.45, 2.75) is 91.8 Å². The van der Waals surface area contributed by atoms with Crippen molar-refractivity contribution in [3.8, 4) is 0 Å². The summed E-state index contributed by atoms with van der Waals surface area (Å²) < 4.78 is 5.28. The topological polar surface area (TPSA) is 131 Å². The SMILES string of the molecule is CCCCNC(=O)C(c1cc(C)ccc1C)N(CCC)C(=O)C(CC(N)=O)NC(=O)OC(C)(C)C. The first kappa shape index (κ1) is 29.9. The Hall–Kier alpha value is -3.10. The first-order valence-electron chi connectivity index (χ1n) is 12.2. The van der Waals surface area contributed by atoms with Crippen LogP contribution in [-0.4, -0.2) is 53.4 Å². The standard InChI is InChI=1S/C26H42N4O5/c1-8-10-13-28-23(32)22(19-15-17(3)11-12-18(19)4)30(14-9-2)24(33)20(16-21(27)31)29-25(34)35-26(5,6)7/h11-12,15,20,22H,8-10,13-14,16H2,1-7H3,(H2,27,31)(H,28,32)(H,29,34). The maximum Gasteiger partial charge on any atom is 0.408 e. The summed E-state index contributed by atoms with van der Waals surface area (Å²) in [5, 5.41) is 5.42. The summed E-state index contributed by atoms with van der Waals surface area (Å²) >= 11 is 0. The van der Waals surface area contributed by atoms with Gasteiger partial charge >= 0.3 is 6.09 Å². The molecule has 2 atom stereocenters. The normalized spacial score (nSPS) is 12.9. The average Bonchev–Trinajstić information content (AvgIpc) is 2.73. The van der Waals surface area contributed by atoms with Crippen LogP contribution >= 0.6 is 0 Å². The molecule has 0 saturated heterocycles. The van der Waals surface area contributed by atoms with E-state index in [1.165, 1.54) is 4.90 Å². The number of carbonyl (C=O) groups excluding carboxylic acids is 4. The molecule has 0 fully saturated rings. The maximum absolute atomic E-state index is 13.8. The Morgan fingerprint density at radius 1 is 1.09 bits per heavy atom. The number of rotatable bonds is 12. The van der Waals surface area contributed by atoms with Crippen LogP contribution in [0.3, 0.4) is 0 Å². The molecule has 1 rings (SSSR count). The van der Waals surface area contributed by atoms with E-state index in [2.05, 4.69) is 10.6 Å². The van der Waals surface area contributed by atoms with Crippen molar-refractivity contribution in [3.05, 3.63) is 34.9 Å². The molecule has 0 heterocycles. The van der Waals surface area contributed by atoms with Gasteiger partial charge in [0.1, 0.15) is 17.7 Å². The average molecular weight is 491 g/mol. The van der Waals surface area contributed by atoms with Crippen molar-refractivity contribution < 1.29 is 23.9 Å². The molecular weight excluding hydrogens is 448 g/mol. The number of hydrogen-bond acceptors (Lipinski definition) is 5. The number of nitrogens with two attached hydrogens (primary N) is 1. The van der Waals surface area contributed by atoms with Crippen LogP contribution in [0.5, 0.6) is 0 Å². The number of benzene rings is 1. The number of nitrogens with zero attached hydrogens (tertiary/aromatic N) is 1. The molecule has 0 aliphatic heterocycles. The molecule has 196 valence electrons. The van der Waals surface area contributed by atoms with Crippen molar-refractivity contribution in [2.75, 3.05) is 13.1 Å². The molecule has 4 N–H and O–H groups in total. The molecule has 0 bridgehead atoms. The van der Waals surface area contributed by atoms with E-state index < -0.39 is 42.0 Å². The summed E-state index contributed by atoms with van der Waals surface area (Å²) in [7, 11) is 0. The lowest BCUT2D eigenvalue weighted by Gasteiger charge is -2.35. The highest BCUT2D eigenvalue weighted by Gasteiger charge is 2.37. The molecule has 0 saturated carbocycles. The Bertz CT molecular complexity index is 894. The van der Waals surface area contributed by atoms with Crippen molar-refractivity contribution in [3.63, 3.8) is 0 Å². The molecule has 0 spiro atoms. The van der Waals surface area contributed by atoms with E-state index >= 15 is 0 Å². The highest BCUT2D eigenvalue weighted by Crippen LogP contribution is 2.27. The number of carbonyl (C=O) groups is 4. The van der Waals surface area contributed by atoms with Crippen LogP contribution < -0.4 is 16.4 Å². The second kappa shape index (κ2) is 13.7. The zero-order valence-electron chi connectivity index (χ0n) is 22.2. The zero-order chi connectivity index (χ0) is 26.8. The van der Waals surface area contributed by atoms with Gasteiger partial charge in [-0.15, -0.1) is 0 Å². The monoisotopic (exact) mass is 490 g/mol. The fourth-order valence-electron chi connectivity index (χ4n) is 3.65. The van der Waals surface area contributed by atoms with Gasteiger partial charge in [0, 0.05) is 13.1 Å². The molecule has 4 amide bonds. The van der Waals surface area contributed by atoms with E-state index in [0.717, 1.165) is 24.0 Å². The largest absolute Gasteiger partial charge is 0.444 e. The predicted molar refractivity (Wildman–Crippen MR) is 136 cm³/mol. The first-order chi connectivity index (χ1) is 16.3. The number of nitrogens with one attached hydrogen (secondary N) is 2. The van der Waals surface area contributed by atoms with Gasteiger partial charge in [0.2, 0.25) is 17.7 Å². The lowest BCUT2D eigenvalue weighted by Crippen LogP contribution is -2.54. The third kappa shape index (κ3) is 9.96. The Labute approximate surface area is 209 Å². The van der Waals surface area contributed by atoms with Crippen LogP contribution in [0.4, 0.5) is 4.79 Å². The number of primary amides is 1. The molecular formula is C26H42N4O5. The highest BCUT2D eigenvalue weighted by molar-refractivity contribution is 5.94. The molecule has 0 aliphatic carbocycles. The van der Waals surface area contributed by atoms with Crippen LogP contribution in [0.2, 0.25) is 0 Å². The summed E-state index contributed by atoms with van der Waals surface area (Å²) in [4.78, 5) is 52.9. The number of unbranched alkanes of at least 4 members (excludes halogenated alkanes) is 1. The van der Waals surface area contributed by atoms with Crippen LogP contribution in [-0.2, 0) is 19.1 Å². The summed E-state index contributed by atoms with van der Waals surface area (Å²) in [6, 6.07) is 3.53. The second-order valence-corrected chi connectivity index (χ2v) is 9.81. The number of ether oxygens (including phenoxy) is 1. The molecule has 9 nitrogen and oxygen atoms in total. The minimum atomic E-state index is -1.27. The Kier molecular flexibility index (Phi) is 11.7. The maximum atomic E-state index is 13.8. The molecule has 0 aromatic heterocycles. The quantitative estimate of drug-likeness (QED) is 0.387. The summed E-state index contributed by atoms with van der Waals surface area (Å²) in [5.74, 6) is -1.65. The van der Waals surface area contributed by atoms with E-state index in [1.54, 1.807) is 20.8 Å². The fraction of sp³-hybridized carbons (Fsp3) is 0.615. The molecule has 1 aromatic carbocycles. The number of aryl methyl sites for hydroxylation is 2. The van der Waals surface area contributed by atoms with Gasteiger partial charge < -0.3 is 26.0 Å². The van der Waals surface area contributed by atoms with Crippen LogP contribution in [0.25, 0.3) is 0 Å². The van der Waals surface area contributed by atoms with Crippen LogP contribution in [0, 0.1) is 13.8 Å². The number of alkyl carbamates (subject to hydrolysis) is 1. The number of amides is 4. The molecule has 9 heteroatoms. The van der Waals surface area contributed by atoms with Gasteiger partial charge in [-0.1, -0.05) is 44.0 Å². The van der Waals surface area contributed by atoms with E-state index in [0.29, 0.717) is 18.5 Å². The third-order valence-electron chi connectivity index (χ3n) is 5.26. The first-order valence-corrected chi connectivity index (χ1v) is 12.2. The predicted octanol–water partition coefficient (Wildman–Crippen LogP) is 3.27. The molecule has 35 heavy (non-hydrogen) atoms. The fourth-order valence-corrected chi connectivity index (χ4v) is 3.65. The minimum absolute atomic E-state index is 0.239. The molecule has 2 unspecified atom stereocenters. The van der Waals surface area contributed by atoms with Gasteiger partial charge in [-0.3, -0.25) is 14.4 Å². The Morgan fingerprint density at radius 3 is 2.29 bits per heavy atom. The van der Waals surface area contributed by atoms with Gasteiger partial charge in [0.25, 0.3) is 0 Å². The van der Waals surface area contributed by atoms with E-state index in [9.17, 15) is 19.2 Å². The summed E-state index contributed by atoms with van der Waals surface area (Å²) in [6.45, 7) is 13.5. The van der Waals surface area contributed by atoms with E-state index in [-0.39, 0.29) is 12.5 Å². The number of hydrogen-bond donors (Lipinski definition) is 3. The highest BCUT2D eigenvalue weighted by atomic mass is 16.6. The van der Waals surface area contributed by atoms with Gasteiger partial charge in [0.15, 0.2) is 0 Å². The molecule has 1 aromatic rings. The van der Waals surface area contributed by atoms with Crippen LogP contribution in [0.1, 0.15) is 83.0 Å². The van der Waals surface area contributed by atoms with Crippen molar-refractivity contribution in [2.24, 2.45) is 5.73 Å². The summed E-state index contributed by atoms with van der Waals surface area (Å²) in [6.07, 6.45) is 1.01. The van der Waals surface area contributed by atoms with Crippen molar-refractivity contribution in [1.29, 1.82) is 0 Å². The third-order valence-corrected chi connectivity index (χ3v) is 5.26. The lowest BCUT2D eigenvalue weighted by molar-refractivity contribution is -0.143. The smallest absolute Gasteiger partial charge is 0.408 e. The Morgan fingerprint density at radius 2 is 1.74 bits per heavy atom. The van der Waals surface area contributed by atoms with Crippen molar-refractivity contribution >= 4 is 23.8 Å². The lowest BCUT2D eigenvalue weighted by atomic mass is 9.95. The molecule has 0 radical (unpaired) electrons. The van der Waals surface area contributed by atoms with Gasteiger partial charge in [-0.25, -0.2) is 4.79 Å². The zero-order valence-corrected chi connectivity index (χ0v) is 22.2. The minimum Gasteiger partial charge on any atom is -0.444 e. The van der Waals surface area contributed by atoms with Gasteiger partial charge in [-0.2, -0.15) is 0 Å². The van der Waals surface area contributed by atoms with E-state index in [4.69, 9.17) is 10.5 Å². The Balaban J connectivity index is 3.47. The van der Waals surface area contributed by atoms with Crippen LogP contribution in [0.15, 0.2) is 18.2 Å². The molecule has 0 aliphatic rings. The summed E-state index contributed by atoms with van der Waals surface area (Å²) in [5.41, 5.74) is 7.09. The van der Waals surface area contributed by atoms with Crippen molar-refractivity contribution in [1.82, 2.24) is 15.5 Å². The van der Waals surface area contributed by atoms with E-state index in [1.807, 2.05) is 45.9 Å².